The number of alkyl halides is 2. The van der Waals surface area contributed by atoms with Gasteiger partial charge in [0.15, 0.2) is 11.5 Å². The van der Waals surface area contributed by atoms with Gasteiger partial charge in [0, 0.05) is 44.0 Å². The Bertz CT molecular complexity index is 822. The van der Waals surface area contributed by atoms with Crippen LogP contribution in [-0.2, 0) is 6.54 Å². The van der Waals surface area contributed by atoms with E-state index in [9.17, 15) is 13.6 Å². The molecule has 1 fully saturated rings. The van der Waals surface area contributed by atoms with E-state index in [0.29, 0.717) is 5.69 Å². The van der Waals surface area contributed by atoms with E-state index >= 15 is 0 Å². The zero-order valence-corrected chi connectivity index (χ0v) is 16.5. The minimum atomic E-state index is -3.00. The molecule has 1 amide bonds. The van der Waals surface area contributed by atoms with Crippen LogP contribution in [0.3, 0.4) is 0 Å². The summed E-state index contributed by atoms with van der Waals surface area (Å²) in [5.74, 6) is -0.466. The Labute approximate surface area is 169 Å². The number of carbonyl (C=O) groups excluding carboxylic acids is 1. The highest BCUT2D eigenvalue weighted by atomic mass is 19.3. The summed E-state index contributed by atoms with van der Waals surface area (Å²) in [6.45, 7) is 2.07. The van der Waals surface area contributed by atoms with Gasteiger partial charge >= 0.3 is 6.61 Å². The van der Waals surface area contributed by atoms with Crippen molar-refractivity contribution in [1.82, 2.24) is 9.80 Å². The number of nitrogens with zero attached hydrogens (tertiary/aromatic N) is 2. The van der Waals surface area contributed by atoms with Gasteiger partial charge in [-0.15, -0.1) is 0 Å². The summed E-state index contributed by atoms with van der Waals surface area (Å²) >= 11 is 0. The van der Waals surface area contributed by atoms with Crippen molar-refractivity contribution >= 4 is 11.6 Å². The topological polar surface area (TPSA) is 54.0 Å². The molecule has 0 saturated carbocycles. The number of rotatable bonds is 7. The van der Waals surface area contributed by atoms with Crippen LogP contribution >= 0.6 is 0 Å². The number of hydrogen-bond donors (Lipinski definition) is 1. The number of anilines is 1. The van der Waals surface area contributed by atoms with Crippen LogP contribution in [0.4, 0.5) is 14.5 Å². The van der Waals surface area contributed by atoms with Crippen molar-refractivity contribution in [2.75, 3.05) is 45.7 Å². The lowest BCUT2D eigenvalue weighted by molar-refractivity contribution is -0.0512. The van der Waals surface area contributed by atoms with Gasteiger partial charge in [-0.3, -0.25) is 9.69 Å². The average molecular weight is 405 g/mol. The Morgan fingerprint density at radius 1 is 1.07 bits per heavy atom. The van der Waals surface area contributed by atoms with E-state index in [0.717, 1.165) is 32.7 Å². The minimum absolute atomic E-state index is 0.134. The van der Waals surface area contributed by atoms with Gasteiger partial charge in [-0.25, -0.2) is 0 Å². The summed E-state index contributed by atoms with van der Waals surface area (Å²) in [5.41, 5.74) is 2.00. The molecule has 1 aliphatic rings. The van der Waals surface area contributed by atoms with E-state index < -0.39 is 12.5 Å². The van der Waals surface area contributed by atoms with E-state index in [2.05, 4.69) is 26.9 Å². The first-order chi connectivity index (χ1) is 13.9. The second kappa shape index (κ2) is 9.67. The van der Waals surface area contributed by atoms with Crippen molar-refractivity contribution in [3.63, 3.8) is 0 Å². The van der Waals surface area contributed by atoms with Crippen LogP contribution in [0.25, 0.3) is 0 Å². The molecule has 0 unspecified atom stereocenters. The molecule has 6 nitrogen and oxygen atoms in total. The molecule has 1 N–H and O–H groups in total. The normalized spacial score (nSPS) is 15.3. The van der Waals surface area contributed by atoms with Crippen molar-refractivity contribution in [3.8, 4) is 11.5 Å². The number of amides is 1. The van der Waals surface area contributed by atoms with Gasteiger partial charge in [-0.05, 0) is 42.9 Å². The molecule has 0 atom stereocenters. The lowest BCUT2D eigenvalue weighted by Gasteiger charge is -2.32. The molecule has 1 heterocycles. The fraction of sp³-hybridized carbons (Fsp3) is 0.381. The van der Waals surface area contributed by atoms with E-state index in [1.54, 1.807) is 0 Å². The molecule has 1 aliphatic heterocycles. The van der Waals surface area contributed by atoms with Crippen molar-refractivity contribution in [2.45, 2.75) is 13.2 Å². The molecular weight excluding hydrogens is 380 g/mol. The van der Waals surface area contributed by atoms with Gasteiger partial charge < -0.3 is 19.7 Å². The summed E-state index contributed by atoms with van der Waals surface area (Å²) in [5, 5.41) is 2.77. The summed E-state index contributed by atoms with van der Waals surface area (Å²) < 4.78 is 34.5. The molecule has 2 aromatic rings. The van der Waals surface area contributed by atoms with Gasteiger partial charge in [0.25, 0.3) is 5.91 Å². The summed E-state index contributed by atoms with van der Waals surface area (Å²) in [7, 11) is 3.47. The van der Waals surface area contributed by atoms with E-state index in [-0.39, 0.29) is 17.1 Å². The number of ether oxygens (including phenoxy) is 2. The third-order valence-electron chi connectivity index (χ3n) is 4.86. The number of hydrogen-bond acceptors (Lipinski definition) is 5. The Morgan fingerprint density at radius 3 is 2.38 bits per heavy atom. The van der Waals surface area contributed by atoms with Crippen molar-refractivity contribution in [3.05, 3.63) is 53.6 Å². The molecule has 0 spiro atoms. The highest BCUT2D eigenvalue weighted by Crippen LogP contribution is 2.29. The molecule has 0 aliphatic carbocycles. The number of halogens is 2. The van der Waals surface area contributed by atoms with Crippen LogP contribution < -0.4 is 14.8 Å². The Hall–Kier alpha value is -2.71. The lowest BCUT2D eigenvalue weighted by Crippen LogP contribution is -2.43. The minimum Gasteiger partial charge on any atom is -0.493 e. The van der Waals surface area contributed by atoms with Crippen LogP contribution in [0.15, 0.2) is 42.5 Å². The third-order valence-corrected chi connectivity index (χ3v) is 4.86. The first kappa shape index (κ1) is 21.0. The maximum atomic E-state index is 12.6. The van der Waals surface area contributed by atoms with Gasteiger partial charge in [0.05, 0.1) is 7.11 Å². The summed E-state index contributed by atoms with van der Waals surface area (Å²) in [6, 6.07) is 11.8. The fourth-order valence-electron chi connectivity index (χ4n) is 3.17. The monoisotopic (exact) mass is 405 g/mol. The third kappa shape index (κ3) is 5.88. The molecule has 3 rings (SSSR count). The fourth-order valence-corrected chi connectivity index (χ4v) is 3.17. The Morgan fingerprint density at radius 2 is 1.76 bits per heavy atom. The molecule has 0 radical (unpaired) electrons. The summed E-state index contributed by atoms with van der Waals surface area (Å²) in [4.78, 5) is 17.2. The van der Waals surface area contributed by atoms with Crippen LogP contribution in [0.5, 0.6) is 11.5 Å². The zero-order chi connectivity index (χ0) is 20.8. The largest absolute Gasteiger partial charge is 0.493 e. The predicted octanol–water partition coefficient (Wildman–Crippen LogP) is 3.30. The van der Waals surface area contributed by atoms with Crippen molar-refractivity contribution < 1.29 is 23.0 Å². The van der Waals surface area contributed by atoms with Crippen LogP contribution in [0.1, 0.15) is 15.9 Å². The van der Waals surface area contributed by atoms with Crippen LogP contribution in [0, 0.1) is 0 Å². The highest BCUT2D eigenvalue weighted by Gasteiger charge is 2.16. The number of methoxy groups -OCH3 is 1. The molecule has 8 heteroatoms. The van der Waals surface area contributed by atoms with Crippen molar-refractivity contribution in [2.24, 2.45) is 0 Å². The van der Waals surface area contributed by atoms with Crippen molar-refractivity contribution in [1.29, 1.82) is 0 Å². The SMILES string of the molecule is COc1ccc(C(=O)Nc2ccc(CN3CCN(C)CC3)cc2)cc1OC(F)F. The smallest absolute Gasteiger partial charge is 0.387 e. The van der Waals surface area contributed by atoms with Gasteiger partial charge in [0.1, 0.15) is 0 Å². The second-order valence-electron chi connectivity index (χ2n) is 6.97. The molecule has 1 saturated heterocycles. The summed E-state index contributed by atoms with van der Waals surface area (Å²) in [6.07, 6.45) is 0. The number of piperazine rings is 1. The molecule has 0 bridgehead atoms. The second-order valence-corrected chi connectivity index (χ2v) is 6.97. The highest BCUT2D eigenvalue weighted by molar-refractivity contribution is 6.04. The maximum absolute atomic E-state index is 12.6. The van der Waals surface area contributed by atoms with E-state index in [4.69, 9.17) is 4.74 Å². The van der Waals surface area contributed by atoms with E-state index in [1.807, 2.05) is 24.3 Å². The van der Waals surface area contributed by atoms with E-state index in [1.165, 1.54) is 30.9 Å². The molecule has 156 valence electrons. The zero-order valence-electron chi connectivity index (χ0n) is 16.5. The average Bonchev–Trinajstić information content (AvgIpc) is 2.70. The number of nitrogens with one attached hydrogen (secondary N) is 1. The van der Waals surface area contributed by atoms with Gasteiger partial charge in [0.2, 0.25) is 0 Å². The van der Waals surface area contributed by atoms with Gasteiger partial charge in [-0.2, -0.15) is 8.78 Å². The Balaban J connectivity index is 1.61. The van der Waals surface area contributed by atoms with Gasteiger partial charge in [-0.1, -0.05) is 12.1 Å². The van der Waals surface area contributed by atoms with Crippen LogP contribution in [-0.4, -0.2) is 62.7 Å². The standard InChI is InChI=1S/C21H25F2N3O3/c1-25-9-11-26(12-10-25)14-15-3-6-17(7-4-15)24-20(27)16-5-8-18(28-2)19(13-16)29-21(22)23/h3-8,13,21H,9-12,14H2,1-2H3,(H,24,27). The Kier molecular flexibility index (Phi) is 7.00. The first-order valence-corrected chi connectivity index (χ1v) is 9.38. The van der Waals surface area contributed by atoms with Crippen LogP contribution in [0.2, 0.25) is 0 Å². The number of likely N-dealkylation sites (N-methyl/N-ethyl adjacent to an activating group) is 1. The quantitative estimate of drug-likeness (QED) is 0.766. The lowest BCUT2D eigenvalue weighted by atomic mass is 10.1. The maximum Gasteiger partial charge on any atom is 0.387 e. The number of benzene rings is 2. The molecule has 0 aromatic heterocycles. The predicted molar refractivity (Wildman–Crippen MR) is 107 cm³/mol. The number of carbonyl (C=O) groups is 1. The molecule has 2 aromatic carbocycles. The first-order valence-electron chi connectivity index (χ1n) is 9.38. The molecule has 29 heavy (non-hydrogen) atoms. The molecular formula is C21H25F2N3O3.